The van der Waals surface area contributed by atoms with Crippen LogP contribution < -0.4 is 5.32 Å². The summed E-state index contributed by atoms with van der Waals surface area (Å²) in [6, 6.07) is 3.40. The Kier molecular flexibility index (Phi) is 4.68. The van der Waals surface area contributed by atoms with Gasteiger partial charge in [0, 0.05) is 11.4 Å². The van der Waals surface area contributed by atoms with Crippen molar-refractivity contribution in [1.29, 1.82) is 0 Å². The van der Waals surface area contributed by atoms with Crippen LogP contribution >= 0.6 is 31.9 Å². The first-order chi connectivity index (χ1) is 8.16. The van der Waals surface area contributed by atoms with Crippen molar-refractivity contribution in [3.05, 3.63) is 22.6 Å². The Bertz CT molecular complexity index is 392. The largest absolute Gasteiger partial charge is 0.444 e. The number of furan rings is 1. The maximum Gasteiger partial charge on any atom is 0.287 e. The molecule has 0 aliphatic heterocycles. The SMILES string of the molecule is O=C(NCC1CCCCC1Br)c1ccc(Br)o1. The number of hydrogen-bond donors (Lipinski definition) is 1. The molecule has 17 heavy (non-hydrogen) atoms. The normalized spacial score (nSPS) is 24.6. The summed E-state index contributed by atoms with van der Waals surface area (Å²) in [6.45, 7) is 0.715. The van der Waals surface area contributed by atoms with Gasteiger partial charge in [-0.3, -0.25) is 4.79 Å². The van der Waals surface area contributed by atoms with Crippen LogP contribution in [-0.4, -0.2) is 17.3 Å². The van der Waals surface area contributed by atoms with E-state index in [1.807, 2.05) is 0 Å². The van der Waals surface area contributed by atoms with Gasteiger partial charge in [-0.05, 0) is 46.8 Å². The monoisotopic (exact) mass is 363 g/mol. The Labute approximate surface area is 118 Å². The fourth-order valence-corrected chi connectivity index (χ4v) is 3.22. The van der Waals surface area contributed by atoms with Crippen molar-refractivity contribution in [2.45, 2.75) is 30.5 Å². The molecule has 1 fully saturated rings. The zero-order chi connectivity index (χ0) is 12.3. The molecule has 0 radical (unpaired) electrons. The predicted octanol–water partition coefficient (Wildman–Crippen LogP) is 3.73. The number of alkyl halides is 1. The van der Waals surface area contributed by atoms with Crippen LogP contribution in [0.4, 0.5) is 0 Å². The highest BCUT2D eigenvalue weighted by Crippen LogP contribution is 2.29. The van der Waals surface area contributed by atoms with Gasteiger partial charge in [0.2, 0.25) is 0 Å². The average Bonchev–Trinajstić information content (AvgIpc) is 2.74. The lowest BCUT2D eigenvalue weighted by Crippen LogP contribution is -2.34. The molecule has 1 saturated carbocycles. The summed E-state index contributed by atoms with van der Waals surface area (Å²) < 4.78 is 5.79. The molecule has 2 atom stereocenters. The number of rotatable bonds is 3. The molecule has 1 heterocycles. The van der Waals surface area contributed by atoms with Crippen molar-refractivity contribution in [2.24, 2.45) is 5.92 Å². The second-order valence-corrected chi connectivity index (χ2v) is 6.33. The Morgan fingerprint density at radius 1 is 1.41 bits per heavy atom. The van der Waals surface area contributed by atoms with Crippen LogP contribution in [0.25, 0.3) is 0 Å². The van der Waals surface area contributed by atoms with Gasteiger partial charge in [0.25, 0.3) is 5.91 Å². The summed E-state index contributed by atoms with van der Waals surface area (Å²) in [5.74, 6) is 0.755. The predicted molar refractivity (Wildman–Crippen MR) is 73.4 cm³/mol. The highest BCUT2D eigenvalue weighted by atomic mass is 79.9. The van der Waals surface area contributed by atoms with Gasteiger partial charge >= 0.3 is 0 Å². The van der Waals surface area contributed by atoms with Gasteiger partial charge in [-0.25, -0.2) is 0 Å². The van der Waals surface area contributed by atoms with Crippen LogP contribution in [0.1, 0.15) is 36.2 Å². The lowest BCUT2D eigenvalue weighted by atomic mass is 9.89. The van der Waals surface area contributed by atoms with E-state index >= 15 is 0 Å². The number of amides is 1. The molecule has 94 valence electrons. The van der Waals surface area contributed by atoms with Crippen LogP contribution in [0.2, 0.25) is 0 Å². The number of carbonyl (C=O) groups excluding carboxylic acids is 1. The molecule has 1 aliphatic rings. The van der Waals surface area contributed by atoms with Crippen molar-refractivity contribution in [3.8, 4) is 0 Å². The molecule has 0 saturated heterocycles. The molecule has 0 bridgehead atoms. The minimum atomic E-state index is -0.138. The van der Waals surface area contributed by atoms with Gasteiger partial charge in [0.15, 0.2) is 10.4 Å². The van der Waals surface area contributed by atoms with E-state index in [0.29, 0.717) is 27.7 Å². The second-order valence-electron chi connectivity index (χ2n) is 4.37. The molecule has 1 aromatic heterocycles. The van der Waals surface area contributed by atoms with Crippen molar-refractivity contribution in [3.63, 3.8) is 0 Å². The smallest absolute Gasteiger partial charge is 0.287 e. The van der Waals surface area contributed by atoms with E-state index in [9.17, 15) is 4.79 Å². The molecule has 3 nitrogen and oxygen atoms in total. The summed E-state index contributed by atoms with van der Waals surface area (Å²) in [7, 11) is 0. The summed E-state index contributed by atoms with van der Waals surface area (Å²) >= 11 is 6.87. The van der Waals surface area contributed by atoms with Crippen LogP contribution in [-0.2, 0) is 0 Å². The molecule has 1 aliphatic carbocycles. The fraction of sp³-hybridized carbons (Fsp3) is 0.583. The Hall–Kier alpha value is -0.290. The average molecular weight is 365 g/mol. The summed E-state index contributed by atoms with van der Waals surface area (Å²) in [6.07, 6.45) is 4.92. The molecule has 2 unspecified atom stereocenters. The second kappa shape index (κ2) is 6.05. The van der Waals surface area contributed by atoms with Crippen molar-refractivity contribution in [1.82, 2.24) is 5.32 Å². The lowest BCUT2D eigenvalue weighted by Gasteiger charge is -2.27. The zero-order valence-corrected chi connectivity index (χ0v) is 12.6. The van der Waals surface area contributed by atoms with Gasteiger partial charge < -0.3 is 9.73 Å². The topological polar surface area (TPSA) is 42.2 Å². The maximum absolute atomic E-state index is 11.8. The van der Waals surface area contributed by atoms with E-state index < -0.39 is 0 Å². The number of halogens is 2. The molecule has 1 amide bonds. The van der Waals surface area contributed by atoms with Gasteiger partial charge in [0.05, 0.1) is 0 Å². The Morgan fingerprint density at radius 2 is 2.18 bits per heavy atom. The lowest BCUT2D eigenvalue weighted by molar-refractivity contribution is 0.0915. The third-order valence-electron chi connectivity index (χ3n) is 3.14. The van der Waals surface area contributed by atoms with Gasteiger partial charge in [0.1, 0.15) is 0 Å². The van der Waals surface area contributed by atoms with E-state index in [1.165, 1.54) is 25.7 Å². The van der Waals surface area contributed by atoms with E-state index in [0.717, 1.165) is 0 Å². The van der Waals surface area contributed by atoms with Crippen LogP contribution in [0.15, 0.2) is 21.2 Å². The highest BCUT2D eigenvalue weighted by molar-refractivity contribution is 9.10. The van der Waals surface area contributed by atoms with E-state index in [4.69, 9.17) is 4.42 Å². The molecule has 5 heteroatoms. The minimum Gasteiger partial charge on any atom is -0.444 e. The van der Waals surface area contributed by atoms with Crippen LogP contribution in [0.3, 0.4) is 0 Å². The molecular formula is C12H15Br2NO2. The van der Waals surface area contributed by atoms with Gasteiger partial charge in [-0.15, -0.1) is 0 Å². The number of nitrogens with one attached hydrogen (secondary N) is 1. The third-order valence-corrected chi connectivity index (χ3v) is 4.77. The fourth-order valence-electron chi connectivity index (χ4n) is 2.14. The summed E-state index contributed by atoms with van der Waals surface area (Å²) in [5, 5.41) is 2.93. The Balaban J connectivity index is 1.83. The van der Waals surface area contributed by atoms with Crippen molar-refractivity contribution >= 4 is 37.8 Å². The maximum atomic E-state index is 11.8. The number of hydrogen-bond acceptors (Lipinski definition) is 2. The van der Waals surface area contributed by atoms with Crippen molar-refractivity contribution in [2.75, 3.05) is 6.54 Å². The van der Waals surface area contributed by atoms with Gasteiger partial charge in [-0.2, -0.15) is 0 Å². The molecule has 0 aromatic carbocycles. The molecule has 1 N–H and O–H groups in total. The van der Waals surface area contributed by atoms with E-state index in [2.05, 4.69) is 37.2 Å². The van der Waals surface area contributed by atoms with E-state index in [1.54, 1.807) is 12.1 Å². The third kappa shape index (κ3) is 3.58. The number of carbonyl (C=O) groups is 1. The standard InChI is InChI=1S/C12H15Br2NO2/c13-9-4-2-1-3-8(9)7-15-12(16)10-5-6-11(14)17-10/h5-6,8-9H,1-4,7H2,(H,15,16). The van der Waals surface area contributed by atoms with Crippen molar-refractivity contribution < 1.29 is 9.21 Å². The first kappa shape index (κ1) is 13.1. The minimum absolute atomic E-state index is 0.138. The molecular weight excluding hydrogens is 350 g/mol. The summed E-state index contributed by atoms with van der Waals surface area (Å²) in [5.41, 5.74) is 0. The zero-order valence-electron chi connectivity index (χ0n) is 9.42. The Morgan fingerprint density at radius 3 is 2.82 bits per heavy atom. The van der Waals surface area contributed by atoms with Crippen LogP contribution in [0.5, 0.6) is 0 Å². The summed E-state index contributed by atoms with van der Waals surface area (Å²) in [4.78, 5) is 12.3. The van der Waals surface area contributed by atoms with Crippen LogP contribution in [0, 0.1) is 5.92 Å². The van der Waals surface area contributed by atoms with E-state index in [-0.39, 0.29) is 5.91 Å². The highest BCUT2D eigenvalue weighted by Gasteiger charge is 2.23. The van der Waals surface area contributed by atoms with Gasteiger partial charge in [-0.1, -0.05) is 28.8 Å². The quantitative estimate of drug-likeness (QED) is 0.830. The molecule has 2 rings (SSSR count). The molecule has 1 aromatic rings. The first-order valence-electron chi connectivity index (χ1n) is 5.84. The first-order valence-corrected chi connectivity index (χ1v) is 7.55. The molecule has 0 spiro atoms.